The van der Waals surface area contributed by atoms with Gasteiger partial charge in [-0.15, -0.1) is 0 Å². The van der Waals surface area contributed by atoms with Crippen LogP contribution in [-0.2, 0) is 0 Å². The topological polar surface area (TPSA) is 18.8 Å². The fourth-order valence-electron chi connectivity index (χ4n) is 3.67. The van der Waals surface area contributed by atoms with E-state index in [9.17, 15) is 4.39 Å². The Balaban J connectivity index is 1.45. The molecule has 4 heteroatoms. The molecule has 3 aromatic rings. The summed E-state index contributed by atoms with van der Waals surface area (Å²) >= 11 is 0. The van der Waals surface area contributed by atoms with Crippen LogP contribution in [0.2, 0.25) is 0 Å². The number of benzene rings is 3. The minimum absolute atomic E-state index is 0.223. The van der Waals surface area contributed by atoms with Crippen molar-refractivity contribution in [2.24, 2.45) is 5.10 Å². The maximum absolute atomic E-state index is 13.0. The number of hydrogen-bond acceptors (Lipinski definition) is 3. The van der Waals surface area contributed by atoms with Crippen molar-refractivity contribution >= 4 is 6.21 Å². The maximum atomic E-state index is 13.0. The predicted octanol–water partition coefficient (Wildman–Crippen LogP) is 4.57. The summed E-state index contributed by atoms with van der Waals surface area (Å²) in [4.78, 5) is 2.52. The normalized spacial score (nSPS) is 15.4. The van der Waals surface area contributed by atoms with Crippen LogP contribution < -0.4 is 0 Å². The molecule has 3 nitrogen and oxygen atoms in total. The quantitative estimate of drug-likeness (QED) is 0.610. The molecule has 0 bridgehead atoms. The molecule has 0 amide bonds. The number of hydrazone groups is 1. The van der Waals surface area contributed by atoms with Crippen LogP contribution in [0.1, 0.15) is 22.7 Å². The monoisotopic (exact) mass is 373 g/mol. The molecule has 0 saturated carbocycles. The highest BCUT2D eigenvalue weighted by molar-refractivity contribution is 5.79. The second kappa shape index (κ2) is 8.81. The molecular formula is C24H24FN3. The fraction of sp³-hybridized carbons (Fsp3) is 0.208. The largest absolute Gasteiger partial charge is 0.294 e. The number of piperazine rings is 1. The SMILES string of the molecule is Fc1ccc(C=NN2CCN(C(c3ccccc3)c3ccccc3)CC2)cc1. The first-order chi connectivity index (χ1) is 13.8. The Hall–Kier alpha value is -2.98. The third-order valence-electron chi connectivity index (χ3n) is 5.13. The first kappa shape index (κ1) is 18.4. The Morgan fingerprint density at radius 1 is 0.714 bits per heavy atom. The van der Waals surface area contributed by atoms with E-state index in [1.807, 2.05) is 0 Å². The van der Waals surface area contributed by atoms with Crippen LogP contribution in [0.25, 0.3) is 0 Å². The highest BCUT2D eigenvalue weighted by Crippen LogP contribution is 2.29. The summed E-state index contributed by atoms with van der Waals surface area (Å²) in [7, 11) is 0. The molecular weight excluding hydrogens is 349 g/mol. The molecule has 1 heterocycles. The highest BCUT2D eigenvalue weighted by atomic mass is 19.1. The zero-order valence-electron chi connectivity index (χ0n) is 15.8. The summed E-state index contributed by atoms with van der Waals surface area (Å²) < 4.78 is 13.0. The van der Waals surface area contributed by atoms with E-state index in [1.54, 1.807) is 18.3 Å². The molecule has 1 fully saturated rings. The lowest BCUT2D eigenvalue weighted by Crippen LogP contribution is -2.45. The van der Waals surface area contributed by atoms with Crippen molar-refractivity contribution < 1.29 is 4.39 Å². The van der Waals surface area contributed by atoms with Gasteiger partial charge in [-0.25, -0.2) is 4.39 Å². The molecule has 0 aromatic heterocycles. The van der Waals surface area contributed by atoms with Gasteiger partial charge in [0, 0.05) is 26.2 Å². The summed E-state index contributed by atoms with van der Waals surface area (Å²) in [5, 5.41) is 6.67. The lowest BCUT2D eigenvalue weighted by Gasteiger charge is -2.38. The van der Waals surface area contributed by atoms with Gasteiger partial charge in [0.2, 0.25) is 0 Å². The maximum Gasteiger partial charge on any atom is 0.123 e. The van der Waals surface area contributed by atoms with Gasteiger partial charge in [0.05, 0.1) is 12.3 Å². The smallest absolute Gasteiger partial charge is 0.123 e. The fourth-order valence-corrected chi connectivity index (χ4v) is 3.67. The lowest BCUT2D eigenvalue weighted by molar-refractivity contribution is 0.113. The lowest BCUT2D eigenvalue weighted by atomic mass is 9.96. The van der Waals surface area contributed by atoms with Gasteiger partial charge in [-0.1, -0.05) is 72.8 Å². The molecule has 0 unspecified atom stereocenters. The summed E-state index contributed by atoms with van der Waals surface area (Å²) in [5.74, 6) is -0.223. The van der Waals surface area contributed by atoms with E-state index in [0.717, 1.165) is 31.7 Å². The predicted molar refractivity (Wildman–Crippen MR) is 112 cm³/mol. The van der Waals surface area contributed by atoms with Gasteiger partial charge in [-0.3, -0.25) is 9.91 Å². The Morgan fingerprint density at radius 3 is 1.79 bits per heavy atom. The van der Waals surface area contributed by atoms with Crippen LogP contribution in [0, 0.1) is 5.82 Å². The Kier molecular flexibility index (Phi) is 5.78. The van der Waals surface area contributed by atoms with E-state index in [-0.39, 0.29) is 11.9 Å². The van der Waals surface area contributed by atoms with Crippen molar-refractivity contribution in [2.45, 2.75) is 6.04 Å². The number of rotatable bonds is 5. The van der Waals surface area contributed by atoms with Gasteiger partial charge in [-0.2, -0.15) is 5.10 Å². The Labute approximate surface area is 165 Å². The summed E-state index contributed by atoms with van der Waals surface area (Å²) in [6.45, 7) is 3.62. The van der Waals surface area contributed by atoms with E-state index in [4.69, 9.17) is 0 Å². The summed E-state index contributed by atoms with van der Waals surface area (Å²) in [6, 6.07) is 28.0. The molecule has 28 heavy (non-hydrogen) atoms. The van der Waals surface area contributed by atoms with E-state index < -0.39 is 0 Å². The van der Waals surface area contributed by atoms with Gasteiger partial charge in [0.15, 0.2) is 0 Å². The molecule has 1 saturated heterocycles. The third-order valence-corrected chi connectivity index (χ3v) is 5.13. The Morgan fingerprint density at radius 2 is 1.25 bits per heavy atom. The van der Waals surface area contributed by atoms with E-state index >= 15 is 0 Å². The van der Waals surface area contributed by atoms with Crippen molar-refractivity contribution in [3.8, 4) is 0 Å². The average Bonchev–Trinajstić information content (AvgIpc) is 2.76. The average molecular weight is 373 g/mol. The number of halogens is 1. The van der Waals surface area contributed by atoms with E-state index in [1.165, 1.54) is 23.3 Å². The molecule has 1 aliphatic rings. The van der Waals surface area contributed by atoms with Crippen LogP contribution in [0.4, 0.5) is 4.39 Å². The molecule has 4 rings (SSSR count). The summed E-state index contributed by atoms with van der Waals surface area (Å²) in [6.07, 6.45) is 1.81. The van der Waals surface area contributed by atoms with Crippen LogP contribution in [-0.4, -0.2) is 42.3 Å². The van der Waals surface area contributed by atoms with Crippen LogP contribution in [0.3, 0.4) is 0 Å². The third kappa shape index (κ3) is 4.46. The first-order valence-corrected chi connectivity index (χ1v) is 9.68. The molecule has 3 aromatic carbocycles. The standard InChI is InChI=1S/C24H24FN3/c25-23-13-11-20(12-14-23)19-26-28-17-15-27(16-18-28)24(21-7-3-1-4-8-21)22-9-5-2-6-10-22/h1-14,19,24H,15-18H2. The zero-order chi connectivity index (χ0) is 19.2. The van der Waals surface area contributed by atoms with Gasteiger partial charge in [0.25, 0.3) is 0 Å². The van der Waals surface area contributed by atoms with Gasteiger partial charge in [0.1, 0.15) is 5.82 Å². The number of hydrogen-bond donors (Lipinski definition) is 0. The second-order valence-corrected chi connectivity index (χ2v) is 7.01. The van der Waals surface area contributed by atoms with Crippen LogP contribution in [0.15, 0.2) is 90.0 Å². The van der Waals surface area contributed by atoms with E-state index in [0.29, 0.717) is 0 Å². The second-order valence-electron chi connectivity index (χ2n) is 7.01. The summed E-state index contributed by atoms with van der Waals surface area (Å²) in [5.41, 5.74) is 3.55. The van der Waals surface area contributed by atoms with Crippen LogP contribution in [0.5, 0.6) is 0 Å². The molecule has 0 atom stereocenters. The molecule has 0 spiro atoms. The molecule has 1 aliphatic heterocycles. The van der Waals surface area contributed by atoms with Crippen molar-refractivity contribution in [3.05, 3.63) is 107 Å². The Bertz CT molecular complexity index is 847. The van der Waals surface area contributed by atoms with Gasteiger partial charge >= 0.3 is 0 Å². The zero-order valence-corrected chi connectivity index (χ0v) is 15.8. The van der Waals surface area contributed by atoms with Crippen molar-refractivity contribution in [1.29, 1.82) is 0 Å². The van der Waals surface area contributed by atoms with Crippen molar-refractivity contribution in [3.63, 3.8) is 0 Å². The van der Waals surface area contributed by atoms with Crippen molar-refractivity contribution in [1.82, 2.24) is 9.91 Å². The molecule has 0 radical (unpaired) electrons. The molecule has 0 N–H and O–H groups in total. The highest BCUT2D eigenvalue weighted by Gasteiger charge is 2.25. The number of nitrogens with zero attached hydrogens (tertiary/aromatic N) is 3. The minimum atomic E-state index is -0.223. The van der Waals surface area contributed by atoms with Gasteiger partial charge in [-0.05, 0) is 28.8 Å². The van der Waals surface area contributed by atoms with Crippen LogP contribution >= 0.6 is 0 Å². The minimum Gasteiger partial charge on any atom is -0.294 e. The molecule has 142 valence electrons. The first-order valence-electron chi connectivity index (χ1n) is 9.68. The van der Waals surface area contributed by atoms with Gasteiger partial charge < -0.3 is 0 Å². The van der Waals surface area contributed by atoms with Crippen molar-refractivity contribution in [2.75, 3.05) is 26.2 Å². The molecule has 0 aliphatic carbocycles. The van der Waals surface area contributed by atoms with E-state index in [2.05, 4.69) is 75.7 Å².